The zero-order valence-corrected chi connectivity index (χ0v) is 17.7. The van der Waals surface area contributed by atoms with E-state index in [1.165, 1.54) is 0 Å². The summed E-state index contributed by atoms with van der Waals surface area (Å²) in [5.74, 6) is -0.518. The number of carbonyl (C=O) groups excluding carboxylic acids is 1. The van der Waals surface area contributed by atoms with Gasteiger partial charge >= 0.3 is 6.18 Å². The molecular formula is C22H23F3N4O3. The lowest BCUT2D eigenvalue weighted by Gasteiger charge is -2.32. The molecule has 0 radical (unpaired) electrons. The van der Waals surface area contributed by atoms with Crippen LogP contribution in [0.3, 0.4) is 0 Å². The molecule has 0 bridgehead atoms. The predicted octanol–water partition coefficient (Wildman–Crippen LogP) is 4.55. The molecule has 0 saturated carbocycles. The number of alkyl halides is 3. The van der Waals surface area contributed by atoms with Crippen molar-refractivity contribution in [2.75, 3.05) is 19.7 Å². The smallest absolute Gasteiger partial charge is 0.417 e. The Balaban J connectivity index is 1.58. The Labute approximate surface area is 182 Å². The average Bonchev–Trinajstić information content (AvgIpc) is 3.21. The second-order valence-corrected chi connectivity index (χ2v) is 8.13. The first-order valence-corrected chi connectivity index (χ1v) is 10.4. The quantitative estimate of drug-likeness (QED) is 0.570. The fourth-order valence-electron chi connectivity index (χ4n) is 3.88. The van der Waals surface area contributed by atoms with Gasteiger partial charge < -0.3 is 14.2 Å². The molecule has 1 amide bonds. The van der Waals surface area contributed by atoms with E-state index in [0.717, 1.165) is 6.07 Å². The highest BCUT2D eigenvalue weighted by molar-refractivity contribution is 5.82. The summed E-state index contributed by atoms with van der Waals surface area (Å²) in [6.07, 6.45) is -1.79. The zero-order chi connectivity index (χ0) is 22.9. The van der Waals surface area contributed by atoms with Gasteiger partial charge in [-0.15, -0.1) is 0 Å². The Hall–Kier alpha value is -3.17. The molecule has 0 aromatic carbocycles. The standard InChI is InChI=1S/C22H23F3N4O3/c1-13(2)16-10-15(22(23,24)25)19-20(28-32-21(19)27-16)14-6-5-9-29(11-14)18(30)12-31-17-7-3-4-8-26-17/h3-4,7-8,10,13-14H,5-6,9,11-12H2,1-2H3. The van der Waals surface area contributed by atoms with Gasteiger partial charge in [-0.3, -0.25) is 4.79 Å². The minimum absolute atomic E-state index is 0.120. The Morgan fingerprint density at radius 1 is 1.34 bits per heavy atom. The summed E-state index contributed by atoms with van der Waals surface area (Å²) < 4.78 is 52.3. The third-order valence-corrected chi connectivity index (χ3v) is 5.53. The van der Waals surface area contributed by atoms with E-state index >= 15 is 0 Å². The van der Waals surface area contributed by atoms with Crippen LogP contribution >= 0.6 is 0 Å². The van der Waals surface area contributed by atoms with E-state index in [1.807, 2.05) is 0 Å². The van der Waals surface area contributed by atoms with Gasteiger partial charge in [0.05, 0.1) is 16.6 Å². The normalized spacial score (nSPS) is 17.2. The summed E-state index contributed by atoms with van der Waals surface area (Å²) in [5.41, 5.74) is -0.442. The molecule has 1 unspecified atom stereocenters. The van der Waals surface area contributed by atoms with E-state index in [9.17, 15) is 18.0 Å². The summed E-state index contributed by atoms with van der Waals surface area (Å²) in [4.78, 5) is 22.5. The molecule has 1 atom stereocenters. The van der Waals surface area contributed by atoms with E-state index in [2.05, 4.69) is 15.1 Å². The number of nitrogens with zero attached hydrogens (tertiary/aromatic N) is 4. The van der Waals surface area contributed by atoms with E-state index in [1.54, 1.807) is 43.1 Å². The van der Waals surface area contributed by atoms with Gasteiger partial charge in [0.1, 0.15) is 0 Å². The van der Waals surface area contributed by atoms with E-state index in [-0.39, 0.29) is 41.8 Å². The lowest BCUT2D eigenvalue weighted by molar-refractivity contribution is -0.137. The van der Waals surface area contributed by atoms with Crippen LogP contribution in [0.5, 0.6) is 5.88 Å². The number of pyridine rings is 2. The lowest BCUT2D eigenvalue weighted by Crippen LogP contribution is -2.41. The van der Waals surface area contributed by atoms with Crippen LogP contribution in [0, 0.1) is 0 Å². The molecule has 3 aromatic heterocycles. The van der Waals surface area contributed by atoms with Crippen molar-refractivity contribution in [3.8, 4) is 5.88 Å². The summed E-state index contributed by atoms with van der Waals surface area (Å²) in [6, 6.07) is 6.20. The number of hydrogen-bond acceptors (Lipinski definition) is 6. The van der Waals surface area contributed by atoms with Gasteiger partial charge in [-0.1, -0.05) is 25.1 Å². The first-order chi connectivity index (χ1) is 15.2. The Bertz CT molecular complexity index is 1100. The van der Waals surface area contributed by atoms with Crippen LogP contribution in [0.4, 0.5) is 13.2 Å². The Kier molecular flexibility index (Phi) is 6.03. The zero-order valence-electron chi connectivity index (χ0n) is 17.7. The monoisotopic (exact) mass is 448 g/mol. The maximum Gasteiger partial charge on any atom is 0.417 e. The van der Waals surface area contributed by atoms with Crippen LogP contribution in [0.25, 0.3) is 11.1 Å². The minimum Gasteiger partial charge on any atom is -0.468 e. The number of halogens is 3. The van der Waals surface area contributed by atoms with Crippen molar-refractivity contribution in [1.29, 1.82) is 0 Å². The van der Waals surface area contributed by atoms with Gasteiger partial charge in [0, 0.05) is 37.0 Å². The molecule has 4 heterocycles. The van der Waals surface area contributed by atoms with Crippen molar-refractivity contribution in [1.82, 2.24) is 20.0 Å². The van der Waals surface area contributed by atoms with Crippen LogP contribution in [0.15, 0.2) is 35.0 Å². The van der Waals surface area contributed by atoms with Crippen LogP contribution in [0.1, 0.15) is 55.5 Å². The number of ether oxygens (including phenoxy) is 1. The molecule has 0 N–H and O–H groups in total. The Morgan fingerprint density at radius 2 is 2.16 bits per heavy atom. The first-order valence-electron chi connectivity index (χ1n) is 10.4. The molecule has 0 spiro atoms. The fraction of sp³-hybridized carbons (Fsp3) is 0.455. The molecule has 32 heavy (non-hydrogen) atoms. The second kappa shape index (κ2) is 8.76. The van der Waals surface area contributed by atoms with Gasteiger partial charge in [-0.05, 0) is 30.9 Å². The van der Waals surface area contributed by atoms with Crippen molar-refractivity contribution in [3.63, 3.8) is 0 Å². The number of likely N-dealkylation sites (tertiary alicyclic amines) is 1. The maximum atomic E-state index is 13.9. The third-order valence-electron chi connectivity index (χ3n) is 5.53. The largest absolute Gasteiger partial charge is 0.468 e. The highest BCUT2D eigenvalue weighted by Gasteiger charge is 2.38. The van der Waals surface area contributed by atoms with Crippen LogP contribution in [-0.2, 0) is 11.0 Å². The lowest BCUT2D eigenvalue weighted by atomic mass is 9.91. The highest BCUT2D eigenvalue weighted by atomic mass is 19.4. The highest BCUT2D eigenvalue weighted by Crippen LogP contribution is 2.40. The summed E-state index contributed by atoms with van der Waals surface area (Å²) >= 11 is 0. The predicted molar refractivity (Wildman–Crippen MR) is 109 cm³/mol. The number of carbonyl (C=O) groups is 1. The molecule has 1 fully saturated rings. The summed E-state index contributed by atoms with van der Waals surface area (Å²) in [5, 5.41) is 3.84. The SMILES string of the molecule is CC(C)c1cc(C(F)(F)F)c2c(C3CCCN(C(=O)COc4ccccn4)C3)noc2n1. The van der Waals surface area contributed by atoms with E-state index in [0.29, 0.717) is 31.0 Å². The number of rotatable bonds is 5. The number of aromatic nitrogens is 3. The molecular weight excluding hydrogens is 425 g/mol. The number of amides is 1. The van der Waals surface area contributed by atoms with Crippen molar-refractivity contribution in [2.24, 2.45) is 0 Å². The topological polar surface area (TPSA) is 81.4 Å². The molecule has 1 aliphatic rings. The van der Waals surface area contributed by atoms with Crippen LogP contribution in [0.2, 0.25) is 0 Å². The van der Waals surface area contributed by atoms with Gasteiger partial charge in [0.15, 0.2) is 6.61 Å². The third kappa shape index (κ3) is 4.53. The van der Waals surface area contributed by atoms with E-state index in [4.69, 9.17) is 9.26 Å². The maximum absolute atomic E-state index is 13.9. The molecule has 1 saturated heterocycles. The first kappa shape index (κ1) is 22.0. The number of piperidine rings is 1. The van der Waals surface area contributed by atoms with Gasteiger partial charge in [-0.2, -0.15) is 13.2 Å². The van der Waals surface area contributed by atoms with Crippen molar-refractivity contribution in [2.45, 2.75) is 44.7 Å². The molecule has 1 aliphatic heterocycles. The van der Waals surface area contributed by atoms with Gasteiger partial charge in [-0.25, -0.2) is 9.97 Å². The average molecular weight is 448 g/mol. The van der Waals surface area contributed by atoms with Crippen molar-refractivity contribution >= 4 is 17.0 Å². The van der Waals surface area contributed by atoms with Gasteiger partial charge in [0.25, 0.3) is 11.6 Å². The molecule has 10 heteroatoms. The molecule has 3 aromatic rings. The molecule has 4 rings (SSSR count). The van der Waals surface area contributed by atoms with Gasteiger partial charge in [0.2, 0.25) is 5.88 Å². The Morgan fingerprint density at radius 3 is 2.84 bits per heavy atom. The molecule has 7 nitrogen and oxygen atoms in total. The number of hydrogen-bond donors (Lipinski definition) is 0. The molecule has 0 aliphatic carbocycles. The van der Waals surface area contributed by atoms with Crippen molar-refractivity contribution < 1.29 is 27.2 Å². The van der Waals surface area contributed by atoms with Crippen molar-refractivity contribution in [3.05, 3.63) is 47.4 Å². The fourth-order valence-corrected chi connectivity index (χ4v) is 3.88. The summed E-state index contributed by atoms with van der Waals surface area (Å²) in [7, 11) is 0. The van der Waals surface area contributed by atoms with Crippen LogP contribution < -0.4 is 4.74 Å². The van der Waals surface area contributed by atoms with Crippen LogP contribution in [-0.4, -0.2) is 45.6 Å². The molecule has 170 valence electrons. The number of fused-ring (bicyclic) bond motifs is 1. The second-order valence-electron chi connectivity index (χ2n) is 8.13. The summed E-state index contributed by atoms with van der Waals surface area (Å²) in [6.45, 7) is 4.07. The van der Waals surface area contributed by atoms with E-state index < -0.39 is 17.7 Å². The minimum atomic E-state index is -4.58.